The molecule has 0 spiro atoms. The van der Waals surface area contributed by atoms with Gasteiger partial charge in [0.25, 0.3) is 10.0 Å². The predicted molar refractivity (Wildman–Crippen MR) is 78.6 cm³/mol. The first-order valence-corrected chi connectivity index (χ1v) is 7.59. The van der Waals surface area contributed by atoms with Crippen molar-refractivity contribution in [2.45, 2.75) is 11.4 Å². The maximum absolute atomic E-state index is 12.1. The minimum Gasteiger partial charge on any atom is -0.465 e. The average Bonchev–Trinajstić information content (AvgIpc) is 2.47. The summed E-state index contributed by atoms with van der Waals surface area (Å²) in [7, 11) is -3.61. The summed E-state index contributed by atoms with van der Waals surface area (Å²) in [6, 6.07) is 14.5. The fraction of sp³-hybridized carbons (Fsp3) is 0.0714. The standard InChI is InChI=1S/C14H14N2O4S/c17-14(18)15-10-11-6-8-12(9-7-11)16-21(19,20)13-4-2-1-3-5-13/h1-9,15-16H,10H2,(H,17,18). The molecule has 0 unspecified atom stereocenters. The van der Waals surface area contributed by atoms with E-state index in [2.05, 4.69) is 10.0 Å². The smallest absolute Gasteiger partial charge is 0.404 e. The first kappa shape index (κ1) is 14.9. The zero-order valence-electron chi connectivity index (χ0n) is 11.0. The van der Waals surface area contributed by atoms with Gasteiger partial charge in [-0.05, 0) is 29.8 Å². The van der Waals surface area contributed by atoms with Crippen molar-refractivity contribution in [1.82, 2.24) is 5.32 Å². The Labute approximate surface area is 122 Å². The van der Waals surface area contributed by atoms with Crippen LogP contribution in [0.3, 0.4) is 0 Å². The highest BCUT2D eigenvalue weighted by molar-refractivity contribution is 7.92. The van der Waals surface area contributed by atoms with Crippen LogP contribution < -0.4 is 10.0 Å². The maximum atomic E-state index is 12.1. The number of carboxylic acid groups (broad SMARTS) is 1. The van der Waals surface area contributed by atoms with Crippen molar-refractivity contribution in [2.24, 2.45) is 0 Å². The Bertz CT molecular complexity index is 712. The van der Waals surface area contributed by atoms with Gasteiger partial charge in [0.2, 0.25) is 0 Å². The van der Waals surface area contributed by atoms with Gasteiger partial charge in [0.1, 0.15) is 0 Å². The van der Waals surface area contributed by atoms with Crippen LogP contribution in [0, 0.1) is 0 Å². The Morgan fingerprint density at radius 3 is 2.19 bits per heavy atom. The van der Waals surface area contributed by atoms with E-state index in [4.69, 9.17) is 5.11 Å². The van der Waals surface area contributed by atoms with Crippen LogP contribution in [0.4, 0.5) is 10.5 Å². The number of amides is 1. The van der Waals surface area contributed by atoms with Gasteiger partial charge < -0.3 is 10.4 Å². The number of anilines is 1. The Morgan fingerprint density at radius 1 is 1.00 bits per heavy atom. The highest BCUT2D eigenvalue weighted by Crippen LogP contribution is 2.16. The number of hydrogen-bond acceptors (Lipinski definition) is 3. The molecule has 2 rings (SSSR count). The van der Waals surface area contributed by atoms with E-state index in [9.17, 15) is 13.2 Å². The molecule has 0 aliphatic carbocycles. The van der Waals surface area contributed by atoms with E-state index in [0.29, 0.717) is 5.69 Å². The molecule has 0 aliphatic heterocycles. The fourth-order valence-electron chi connectivity index (χ4n) is 1.68. The molecule has 0 bridgehead atoms. The van der Waals surface area contributed by atoms with E-state index in [-0.39, 0.29) is 11.4 Å². The van der Waals surface area contributed by atoms with Crippen LogP contribution in [-0.4, -0.2) is 19.6 Å². The van der Waals surface area contributed by atoms with Gasteiger partial charge in [0.15, 0.2) is 0 Å². The van der Waals surface area contributed by atoms with Crippen molar-refractivity contribution < 1.29 is 18.3 Å². The number of carbonyl (C=O) groups is 1. The first-order valence-electron chi connectivity index (χ1n) is 6.11. The van der Waals surface area contributed by atoms with Crippen molar-refractivity contribution in [2.75, 3.05) is 4.72 Å². The molecule has 6 nitrogen and oxygen atoms in total. The lowest BCUT2D eigenvalue weighted by Crippen LogP contribution is -2.19. The van der Waals surface area contributed by atoms with Gasteiger partial charge >= 0.3 is 6.09 Å². The predicted octanol–water partition coefficient (Wildman–Crippen LogP) is 2.25. The summed E-state index contributed by atoms with van der Waals surface area (Å²) >= 11 is 0. The van der Waals surface area contributed by atoms with Gasteiger partial charge in [-0.2, -0.15) is 0 Å². The molecular formula is C14H14N2O4S. The van der Waals surface area contributed by atoms with Crippen molar-refractivity contribution in [3.05, 3.63) is 60.2 Å². The van der Waals surface area contributed by atoms with Gasteiger partial charge in [0, 0.05) is 12.2 Å². The molecule has 0 radical (unpaired) electrons. The van der Waals surface area contributed by atoms with E-state index in [1.807, 2.05) is 0 Å². The van der Waals surface area contributed by atoms with Gasteiger partial charge in [-0.1, -0.05) is 30.3 Å². The van der Waals surface area contributed by atoms with Crippen LogP contribution in [0.25, 0.3) is 0 Å². The van der Waals surface area contributed by atoms with Crippen LogP contribution in [0.5, 0.6) is 0 Å². The molecule has 2 aromatic rings. The SMILES string of the molecule is O=C(O)NCc1ccc(NS(=O)(=O)c2ccccc2)cc1. The fourth-order valence-corrected chi connectivity index (χ4v) is 2.76. The molecule has 1 amide bonds. The van der Waals surface area contributed by atoms with Crippen molar-refractivity contribution >= 4 is 21.8 Å². The second kappa shape index (κ2) is 6.27. The molecular weight excluding hydrogens is 292 g/mol. The number of benzene rings is 2. The molecule has 21 heavy (non-hydrogen) atoms. The lowest BCUT2D eigenvalue weighted by atomic mass is 10.2. The highest BCUT2D eigenvalue weighted by atomic mass is 32.2. The molecule has 0 saturated carbocycles. The molecule has 0 saturated heterocycles. The van der Waals surface area contributed by atoms with Crippen LogP contribution in [0.1, 0.15) is 5.56 Å². The lowest BCUT2D eigenvalue weighted by molar-refractivity contribution is 0.194. The molecule has 0 aliphatic rings. The van der Waals surface area contributed by atoms with Crippen molar-refractivity contribution in [1.29, 1.82) is 0 Å². The molecule has 7 heteroatoms. The average molecular weight is 306 g/mol. The van der Waals surface area contributed by atoms with E-state index in [0.717, 1.165) is 5.56 Å². The topological polar surface area (TPSA) is 95.5 Å². The third-order valence-electron chi connectivity index (χ3n) is 2.70. The number of sulfonamides is 1. The highest BCUT2D eigenvalue weighted by Gasteiger charge is 2.13. The first-order chi connectivity index (χ1) is 9.97. The summed E-state index contributed by atoms with van der Waals surface area (Å²) in [4.78, 5) is 10.6. The van der Waals surface area contributed by atoms with Crippen LogP contribution >= 0.6 is 0 Å². The zero-order valence-corrected chi connectivity index (χ0v) is 11.8. The van der Waals surface area contributed by atoms with Crippen LogP contribution in [0.15, 0.2) is 59.5 Å². The number of hydrogen-bond donors (Lipinski definition) is 3. The summed E-state index contributed by atoms with van der Waals surface area (Å²) in [6.07, 6.45) is -1.11. The second-order valence-electron chi connectivity index (χ2n) is 4.27. The Balaban J connectivity index is 2.08. The van der Waals surface area contributed by atoms with Gasteiger partial charge in [-0.15, -0.1) is 0 Å². The van der Waals surface area contributed by atoms with Crippen molar-refractivity contribution in [3.63, 3.8) is 0 Å². The molecule has 2 aromatic carbocycles. The van der Waals surface area contributed by atoms with E-state index in [1.165, 1.54) is 12.1 Å². The summed E-state index contributed by atoms with van der Waals surface area (Å²) in [5, 5.41) is 10.7. The van der Waals surface area contributed by atoms with Crippen LogP contribution in [-0.2, 0) is 16.6 Å². The summed E-state index contributed by atoms with van der Waals surface area (Å²) in [5.41, 5.74) is 1.15. The van der Waals surface area contributed by atoms with E-state index < -0.39 is 16.1 Å². The minimum atomic E-state index is -3.61. The summed E-state index contributed by atoms with van der Waals surface area (Å²) in [6.45, 7) is 0.168. The summed E-state index contributed by atoms with van der Waals surface area (Å²) < 4.78 is 26.7. The second-order valence-corrected chi connectivity index (χ2v) is 5.96. The molecule has 0 fully saturated rings. The van der Waals surface area contributed by atoms with Gasteiger partial charge in [-0.3, -0.25) is 4.72 Å². The molecule has 110 valence electrons. The van der Waals surface area contributed by atoms with E-state index >= 15 is 0 Å². The molecule has 0 aromatic heterocycles. The third-order valence-corrected chi connectivity index (χ3v) is 4.10. The maximum Gasteiger partial charge on any atom is 0.404 e. The minimum absolute atomic E-state index is 0.168. The quantitative estimate of drug-likeness (QED) is 0.789. The normalized spacial score (nSPS) is 10.9. The third kappa shape index (κ3) is 4.22. The van der Waals surface area contributed by atoms with E-state index in [1.54, 1.807) is 42.5 Å². The Morgan fingerprint density at radius 2 is 1.62 bits per heavy atom. The zero-order chi connectivity index (χ0) is 15.3. The largest absolute Gasteiger partial charge is 0.465 e. The summed E-state index contributed by atoms with van der Waals surface area (Å²) in [5.74, 6) is 0. The molecule has 0 atom stereocenters. The number of nitrogens with one attached hydrogen (secondary N) is 2. The number of rotatable bonds is 5. The monoisotopic (exact) mass is 306 g/mol. The van der Waals surface area contributed by atoms with Gasteiger partial charge in [-0.25, -0.2) is 13.2 Å². The Kier molecular flexibility index (Phi) is 4.44. The Hall–Kier alpha value is -2.54. The van der Waals surface area contributed by atoms with Crippen LogP contribution in [0.2, 0.25) is 0 Å². The van der Waals surface area contributed by atoms with Gasteiger partial charge in [0.05, 0.1) is 4.90 Å². The molecule has 3 N–H and O–H groups in total. The lowest BCUT2D eigenvalue weighted by Gasteiger charge is -2.09. The van der Waals surface area contributed by atoms with Crippen molar-refractivity contribution in [3.8, 4) is 0 Å². The molecule has 0 heterocycles.